The second-order valence-electron chi connectivity index (χ2n) is 4.36. The molecular formula is C14H8Cl3N3OS. The standard InChI is InChI=1S/C14H8Cl3N3OS/c15-8-1-3-10(11(16)5-8)13(21)19-14-20(7-22-14)9-2-4-12(17)18-6-9/h1-6H,7H2. The molecule has 1 aliphatic rings. The van der Waals surface area contributed by atoms with Crippen LogP contribution in [0.4, 0.5) is 5.69 Å². The number of carbonyl (C=O) groups is 1. The van der Waals surface area contributed by atoms with Crippen LogP contribution in [0.15, 0.2) is 41.5 Å². The molecule has 3 rings (SSSR count). The van der Waals surface area contributed by atoms with Gasteiger partial charge < -0.3 is 4.90 Å². The second-order valence-corrected chi connectivity index (χ2v) is 6.51. The molecular weight excluding hydrogens is 365 g/mol. The molecule has 1 aromatic heterocycles. The van der Waals surface area contributed by atoms with Gasteiger partial charge in [0.15, 0.2) is 5.17 Å². The number of pyridine rings is 1. The van der Waals surface area contributed by atoms with Gasteiger partial charge in [0, 0.05) is 5.02 Å². The number of anilines is 1. The van der Waals surface area contributed by atoms with Crippen molar-refractivity contribution in [2.75, 3.05) is 10.8 Å². The number of aliphatic imine (C=N–C) groups is 1. The topological polar surface area (TPSA) is 45.6 Å². The lowest BCUT2D eigenvalue weighted by Crippen LogP contribution is -2.39. The fourth-order valence-corrected chi connectivity index (χ4v) is 3.18. The van der Waals surface area contributed by atoms with Crippen molar-refractivity contribution in [2.24, 2.45) is 4.99 Å². The smallest absolute Gasteiger partial charge is 0.280 e. The van der Waals surface area contributed by atoms with Gasteiger partial charge in [-0.05, 0) is 30.3 Å². The van der Waals surface area contributed by atoms with Gasteiger partial charge in [0.2, 0.25) is 0 Å². The van der Waals surface area contributed by atoms with E-state index in [2.05, 4.69) is 9.98 Å². The van der Waals surface area contributed by atoms with Crippen molar-refractivity contribution in [3.63, 3.8) is 0 Å². The minimum Gasteiger partial charge on any atom is -0.309 e. The largest absolute Gasteiger partial charge is 0.309 e. The Morgan fingerprint density at radius 1 is 1.23 bits per heavy atom. The number of aromatic nitrogens is 1. The van der Waals surface area contributed by atoms with Gasteiger partial charge in [-0.2, -0.15) is 4.99 Å². The first-order chi connectivity index (χ1) is 10.5. The third-order valence-corrected chi connectivity index (χ3v) is 4.66. The van der Waals surface area contributed by atoms with E-state index in [1.54, 1.807) is 24.4 Å². The number of nitrogens with zero attached hydrogens (tertiary/aromatic N) is 3. The molecule has 0 unspecified atom stereocenters. The molecule has 1 fully saturated rings. The number of thioether (sulfide) groups is 1. The van der Waals surface area contributed by atoms with E-state index in [1.165, 1.54) is 17.8 Å². The maximum Gasteiger partial charge on any atom is 0.280 e. The maximum absolute atomic E-state index is 12.2. The van der Waals surface area contributed by atoms with E-state index in [4.69, 9.17) is 34.8 Å². The summed E-state index contributed by atoms with van der Waals surface area (Å²) in [5.74, 6) is 0.292. The quantitative estimate of drug-likeness (QED) is 0.714. The molecule has 2 heterocycles. The Hall–Kier alpha value is -1.27. The van der Waals surface area contributed by atoms with Gasteiger partial charge in [0.05, 0.1) is 28.3 Å². The number of benzene rings is 1. The van der Waals surface area contributed by atoms with E-state index >= 15 is 0 Å². The Labute approximate surface area is 146 Å². The Bertz CT molecular complexity index is 764. The van der Waals surface area contributed by atoms with E-state index in [1.807, 2.05) is 11.0 Å². The summed E-state index contributed by atoms with van der Waals surface area (Å²) in [7, 11) is 0. The fraction of sp³-hybridized carbons (Fsp3) is 0.0714. The summed E-state index contributed by atoms with van der Waals surface area (Å²) >= 11 is 19.1. The summed E-state index contributed by atoms with van der Waals surface area (Å²) in [6, 6.07) is 8.20. The van der Waals surface area contributed by atoms with E-state index in [9.17, 15) is 4.79 Å². The number of carbonyl (C=O) groups excluding carboxylic acids is 1. The summed E-state index contributed by atoms with van der Waals surface area (Å²) in [6.07, 6.45) is 1.64. The second kappa shape index (κ2) is 6.46. The van der Waals surface area contributed by atoms with E-state index in [0.29, 0.717) is 26.8 Å². The molecule has 112 valence electrons. The van der Waals surface area contributed by atoms with Crippen molar-refractivity contribution in [3.8, 4) is 0 Å². The van der Waals surface area contributed by atoms with Crippen LogP contribution in [0, 0.1) is 0 Å². The van der Waals surface area contributed by atoms with Gasteiger partial charge in [-0.25, -0.2) is 4.98 Å². The van der Waals surface area contributed by atoms with Crippen molar-refractivity contribution >= 4 is 63.3 Å². The molecule has 0 bridgehead atoms. The summed E-state index contributed by atoms with van der Waals surface area (Å²) in [4.78, 5) is 22.2. The van der Waals surface area contributed by atoms with Crippen molar-refractivity contribution in [1.82, 2.24) is 4.98 Å². The molecule has 1 aliphatic heterocycles. The molecule has 0 spiro atoms. The molecule has 1 saturated heterocycles. The summed E-state index contributed by atoms with van der Waals surface area (Å²) in [5.41, 5.74) is 1.15. The number of hydrogen-bond acceptors (Lipinski definition) is 3. The first kappa shape index (κ1) is 15.6. The Kier molecular flexibility index (Phi) is 4.59. The number of amidine groups is 1. The molecule has 0 radical (unpaired) electrons. The number of hydrogen-bond donors (Lipinski definition) is 0. The molecule has 0 aliphatic carbocycles. The third kappa shape index (κ3) is 3.22. The molecule has 0 saturated carbocycles. The van der Waals surface area contributed by atoms with Crippen LogP contribution in [0.5, 0.6) is 0 Å². The zero-order chi connectivity index (χ0) is 15.7. The lowest BCUT2D eigenvalue weighted by Gasteiger charge is -2.33. The third-order valence-electron chi connectivity index (χ3n) is 2.94. The van der Waals surface area contributed by atoms with Crippen LogP contribution in [-0.4, -0.2) is 21.9 Å². The highest BCUT2D eigenvalue weighted by Gasteiger charge is 2.26. The van der Waals surface area contributed by atoms with E-state index in [0.717, 1.165) is 5.69 Å². The zero-order valence-corrected chi connectivity index (χ0v) is 14.0. The van der Waals surface area contributed by atoms with Crippen LogP contribution in [0.25, 0.3) is 0 Å². The molecule has 4 nitrogen and oxygen atoms in total. The average Bonchev–Trinajstić information content (AvgIpc) is 2.45. The summed E-state index contributed by atoms with van der Waals surface area (Å²) in [6.45, 7) is 0. The van der Waals surface area contributed by atoms with Crippen LogP contribution < -0.4 is 4.90 Å². The van der Waals surface area contributed by atoms with Gasteiger partial charge in [-0.1, -0.05) is 46.6 Å². The van der Waals surface area contributed by atoms with Crippen molar-refractivity contribution in [1.29, 1.82) is 0 Å². The fourth-order valence-electron chi connectivity index (χ4n) is 1.80. The highest BCUT2D eigenvalue weighted by molar-refractivity contribution is 8.16. The Balaban J connectivity index is 1.82. The van der Waals surface area contributed by atoms with Crippen LogP contribution >= 0.6 is 46.6 Å². The first-order valence-electron chi connectivity index (χ1n) is 6.14. The van der Waals surface area contributed by atoms with Crippen molar-refractivity contribution in [2.45, 2.75) is 0 Å². The SMILES string of the molecule is O=C(N=C1SCN1c1ccc(Cl)nc1)c1ccc(Cl)cc1Cl. The first-order valence-corrected chi connectivity index (χ1v) is 8.26. The number of halogens is 3. The number of amides is 1. The highest BCUT2D eigenvalue weighted by atomic mass is 35.5. The highest BCUT2D eigenvalue weighted by Crippen LogP contribution is 2.31. The summed E-state index contributed by atoms with van der Waals surface area (Å²) in [5, 5.41) is 1.77. The Morgan fingerprint density at radius 2 is 2.05 bits per heavy atom. The monoisotopic (exact) mass is 371 g/mol. The van der Waals surface area contributed by atoms with E-state index < -0.39 is 5.91 Å². The average molecular weight is 373 g/mol. The van der Waals surface area contributed by atoms with Crippen LogP contribution in [0.2, 0.25) is 15.2 Å². The van der Waals surface area contributed by atoms with Gasteiger partial charge >= 0.3 is 0 Å². The van der Waals surface area contributed by atoms with E-state index in [-0.39, 0.29) is 5.02 Å². The normalized spacial score (nSPS) is 15.8. The zero-order valence-electron chi connectivity index (χ0n) is 11.0. The van der Waals surface area contributed by atoms with Crippen molar-refractivity contribution in [3.05, 3.63) is 57.3 Å². The van der Waals surface area contributed by atoms with Gasteiger partial charge in [0.1, 0.15) is 5.15 Å². The number of rotatable bonds is 2. The predicted octanol–water partition coefficient (Wildman–Crippen LogP) is 4.75. The molecule has 22 heavy (non-hydrogen) atoms. The molecule has 1 amide bonds. The van der Waals surface area contributed by atoms with Gasteiger partial charge in [-0.15, -0.1) is 0 Å². The van der Waals surface area contributed by atoms with Crippen molar-refractivity contribution < 1.29 is 4.79 Å². The lowest BCUT2D eigenvalue weighted by molar-refractivity contribution is 0.100. The van der Waals surface area contributed by atoms with Crippen LogP contribution in [-0.2, 0) is 0 Å². The van der Waals surface area contributed by atoms with Gasteiger partial charge in [-0.3, -0.25) is 4.79 Å². The van der Waals surface area contributed by atoms with Crippen LogP contribution in [0.1, 0.15) is 10.4 Å². The molecule has 0 N–H and O–H groups in total. The predicted molar refractivity (Wildman–Crippen MR) is 92.4 cm³/mol. The molecule has 8 heteroatoms. The Morgan fingerprint density at radius 3 is 2.64 bits per heavy atom. The van der Waals surface area contributed by atoms with Crippen LogP contribution in [0.3, 0.4) is 0 Å². The molecule has 1 aromatic carbocycles. The summed E-state index contributed by atoms with van der Waals surface area (Å²) < 4.78 is 0. The lowest BCUT2D eigenvalue weighted by atomic mass is 10.2. The minimum absolute atomic E-state index is 0.283. The molecule has 0 atom stereocenters. The molecule has 2 aromatic rings. The minimum atomic E-state index is -0.407. The maximum atomic E-state index is 12.2. The van der Waals surface area contributed by atoms with Gasteiger partial charge in [0.25, 0.3) is 5.91 Å².